The van der Waals surface area contributed by atoms with Gasteiger partial charge in [0.1, 0.15) is 24.2 Å². The maximum absolute atomic E-state index is 12.2. The van der Waals surface area contributed by atoms with E-state index < -0.39 is 12.0 Å². The van der Waals surface area contributed by atoms with Gasteiger partial charge in [0.25, 0.3) is 5.91 Å². The van der Waals surface area contributed by atoms with Crippen molar-refractivity contribution in [2.45, 2.75) is 12.6 Å². The van der Waals surface area contributed by atoms with E-state index >= 15 is 0 Å². The maximum atomic E-state index is 12.2. The quantitative estimate of drug-likeness (QED) is 0.554. The Morgan fingerprint density at radius 2 is 2.03 bits per heavy atom. The van der Waals surface area contributed by atoms with E-state index in [1.54, 1.807) is 37.4 Å². The Morgan fingerprint density at radius 3 is 2.83 bits per heavy atom. The number of rotatable bonds is 9. The molecule has 0 saturated carbocycles. The Bertz CT molecular complexity index is 963. The Balaban J connectivity index is 1.46. The zero-order valence-electron chi connectivity index (χ0n) is 15.8. The van der Waals surface area contributed by atoms with Crippen molar-refractivity contribution in [1.29, 1.82) is 0 Å². The van der Waals surface area contributed by atoms with E-state index in [1.807, 2.05) is 18.2 Å². The minimum atomic E-state index is -0.886. The van der Waals surface area contributed by atoms with Crippen LogP contribution < -0.4 is 14.8 Å². The summed E-state index contributed by atoms with van der Waals surface area (Å²) in [4.78, 5) is 12.2. The second kappa shape index (κ2) is 9.90. The topological polar surface area (TPSA) is 98.5 Å². The molecule has 2 aromatic carbocycles. The molecule has 1 aromatic heterocycles. The lowest BCUT2D eigenvalue weighted by atomic mass is 10.2. The standard InChI is InChI=1S/C20H21ClN4O4/c1-28-16-6-4-7-17(9-16)29-13-15(26)10-22-20(27)19-12-25(24-23-19)11-14-5-2-3-8-18(14)21/h2-9,12,15,26H,10-11,13H2,1H3,(H,22,27)/t15-/m1/s1. The number of nitrogens with one attached hydrogen (secondary N) is 1. The minimum absolute atomic E-state index is 0.0141. The van der Waals surface area contributed by atoms with Crippen LogP contribution in [0.25, 0.3) is 0 Å². The summed E-state index contributed by atoms with van der Waals surface area (Å²) < 4.78 is 12.1. The molecule has 29 heavy (non-hydrogen) atoms. The fourth-order valence-corrected chi connectivity index (χ4v) is 2.72. The van der Waals surface area contributed by atoms with E-state index in [-0.39, 0.29) is 18.8 Å². The van der Waals surface area contributed by atoms with E-state index in [2.05, 4.69) is 15.6 Å². The number of benzene rings is 2. The largest absolute Gasteiger partial charge is 0.497 e. The molecule has 1 heterocycles. The molecule has 0 aliphatic rings. The summed E-state index contributed by atoms with van der Waals surface area (Å²) in [5, 5.41) is 21.1. The number of aliphatic hydroxyl groups is 1. The summed E-state index contributed by atoms with van der Waals surface area (Å²) in [5.41, 5.74) is 1.02. The summed E-state index contributed by atoms with van der Waals surface area (Å²) >= 11 is 6.13. The van der Waals surface area contributed by atoms with Gasteiger partial charge in [0.2, 0.25) is 0 Å². The van der Waals surface area contributed by atoms with Crippen LogP contribution in [0.5, 0.6) is 11.5 Å². The minimum Gasteiger partial charge on any atom is -0.497 e. The van der Waals surface area contributed by atoms with Gasteiger partial charge >= 0.3 is 0 Å². The van der Waals surface area contributed by atoms with Crippen molar-refractivity contribution in [2.75, 3.05) is 20.3 Å². The first-order valence-corrected chi connectivity index (χ1v) is 9.29. The van der Waals surface area contributed by atoms with Crippen molar-refractivity contribution in [3.05, 3.63) is 71.0 Å². The highest BCUT2D eigenvalue weighted by atomic mass is 35.5. The fraction of sp³-hybridized carbons (Fsp3) is 0.250. The van der Waals surface area contributed by atoms with Crippen molar-refractivity contribution in [3.8, 4) is 11.5 Å². The normalized spacial score (nSPS) is 11.7. The van der Waals surface area contributed by atoms with Gasteiger partial charge in [0, 0.05) is 17.6 Å². The molecular weight excluding hydrogens is 396 g/mol. The van der Waals surface area contributed by atoms with E-state index in [0.29, 0.717) is 23.1 Å². The number of carbonyl (C=O) groups excluding carboxylic acids is 1. The summed E-state index contributed by atoms with van der Waals surface area (Å²) in [7, 11) is 1.56. The monoisotopic (exact) mass is 416 g/mol. The fourth-order valence-electron chi connectivity index (χ4n) is 2.52. The molecule has 2 N–H and O–H groups in total. The highest BCUT2D eigenvalue weighted by Crippen LogP contribution is 2.19. The summed E-state index contributed by atoms with van der Waals surface area (Å²) in [6.45, 7) is 0.434. The molecule has 1 amide bonds. The van der Waals surface area contributed by atoms with Crippen molar-refractivity contribution in [2.24, 2.45) is 0 Å². The second-order valence-electron chi connectivity index (χ2n) is 6.25. The molecule has 0 spiro atoms. The number of amides is 1. The number of methoxy groups -OCH3 is 1. The van der Waals surface area contributed by atoms with E-state index in [0.717, 1.165) is 5.56 Å². The first kappa shape index (κ1) is 20.6. The van der Waals surface area contributed by atoms with Gasteiger partial charge in [0.05, 0.1) is 19.9 Å². The Hall–Kier alpha value is -3.10. The van der Waals surface area contributed by atoms with Gasteiger partial charge < -0.3 is 19.9 Å². The molecule has 3 rings (SSSR count). The van der Waals surface area contributed by atoms with Gasteiger partial charge in [-0.1, -0.05) is 41.1 Å². The van der Waals surface area contributed by atoms with Gasteiger partial charge in [0.15, 0.2) is 5.69 Å². The highest BCUT2D eigenvalue weighted by Gasteiger charge is 2.14. The van der Waals surface area contributed by atoms with Gasteiger partial charge in [-0.15, -0.1) is 5.10 Å². The average Bonchev–Trinajstić information content (AvgIpc) is 3.21. The Kier molecular flexibility index (Phi) is 7.04. The third kappa shape index (κ3) is 5.94. The first-order valence-electron chi connectivity index (χ1n) is 8.92. The molecule has 0 saturated heterocycles. The highest BCUT2D eigenvalue weighted by molar-refractivity contribution is 6.31. The molecule has 0 aliphatic heterocycles. The van der Waals surface area contributed by atoms with Gasteiger partial charge in [-0.25, -0.2) is 4.68 Å². The number of ether oxygens (including phenoxy) is 2. The summed E-state index contributed by atoms with van der Waals surface area (Å²) in [6.07, 6.45) is 0.640. The van der Waals surface area contributed by atoms with Crippen LogP contribution in [-0.2, 0) is 6.54 Å². The molecule has 3 aromatic rings. The third-order valence-corrected chi connectivity index (χ3v) is 4.41. The van der Waals surface area contributed by atoms with Crippen LogP contribution in [-0.4, -0.2) is 52.4 Å². The van der Waals surface area contributed by atoms with Crippen LogP contribution in [0, 0.1) is 0 Å². The Labute approximate surface area is 173 Å². The van der Waals surface area contributed by atoms with Crippen molar-refractivity contribution in [1.82, 2.24) is 20.3 Å². The Morgan fingerprint density at radius 1 is 1.24 bits per heavy atom. The van der Waals surface area contributed by atoms with Gasteiger partial charge in [-0.3, -0.25) is 4.79 Å². The molecule has 8 nitrogen and oxygen atoms in total. The van der Waals surface area contributed by atoms with E-state index in [1.165, 1.54) is 10.9 Å². The lowest BCUT2D eigenvalue weighted by Crippen LogP contribution is -2.35. The lowest BCUT2D eigenvalue weighted by molar-refractivity contribution is 0.0839. The van der Waals surface area contributed by atoms with E-state index in [9.17, 15) is 9.90 Å². The van der Waals surface area contributed by atoms with Crippen LogP contribution in [0.2, 0.25) is 5.02 Å². The molecular formula is C20H21ClN4O4. The molecule has 1 atom stereocenters. The molecule has 0 radical (unpaired) electrons. The van der Waals surface area contributed by atoms with Crippen LogP contribution in [0.1, 0.15) is 16.1 Å². The van der Waals surface area contributed by atoms with Crippen LogP contribution >= 0.6 is 11.6 Å². The number of aromatic nitrogens is 3. The van der Waals surface area contributed by atoms with Crippen molar-refractivity contribution >= 4 is 17.5 Å². The zero-order chi connectivity index (χ0) is 20.6. The number of hydrogen-bond donors (Lipinski definition) is 2. The molecule has 0 aliphatic carbocycles. The summed E-state index contributed by atoms with van der Waals surface area (Å²) in [5.74, 6) is 0.790. The lowest BCUT2D eigenvalue weighted by Gasteiger charge is -2.13. The second-order valence-corrected chi connectivity index (χ2v) is 6.65. The van der Waals surface area contributed by atoms with Crippen LogP contribution in [0.4, 0.5) is 0 Å². The number of halogens is 1. The predicted molar refractivity (Wildman–Crippen MR) is 107 cm³/mol. The average molecular weight is 417 g/mol. The number of hydrogen-bond acceptors (Lipinski definition) is 6. The van der Waals surface area contributed by atoms with Crippen molar-refractivity contribution < 1.29 is 19.4 Å². The number of aliphatic hydroxyl groups excluding tert-OH is 1. The molecule has 0 bridgehead atoms. The smallest absolute Gasteiger partial charge is 0.273 e. The zero-order valence-corrected chi connectivity index (χ0v) is 16.5. The molecule has 0 unspecified atom stereocenters. The third-order valence-electron chi connectivity index (χ3n) is 4.04. The summed E-state index contributed by atoms with van der Waals surface area (Å²) in [6, 6.07) is 14.4. The van der Waals surface area contributed by atoms with Crippen LogP contribution in [0.3, 0.4) is 0 Å². The molecule has 0 fully saturated rings. The van der Waals surface area contributed by atoms with Crippen LogP contribution in [0.15, 0.2) is 54.7 Å². The first-order chi connectivity index (χ1) is 14.0. The molecule has 152 valence electrons. The predicted octanol–water partition coefficient (Wildman–Crippen LogP) is 2.16. The van der Waals surface area contributed by atoms with Crippen molar-refractivity contribution in [3.63, 3.8) is 0 Å². The van der Waals surface area contributed by atoms with Gasteiger partial charge in [-0.2, -0.15) is 0 Å². The molecule has 9 heteroatoms. The maximum Gasteiger partial charge on any atom is 0.273 e. The SMILES string of the molecule is COc1cccc(OC[C@H](O)CNC(=O)c2cn(Cc3ccccc3Cl)nn2)c1. The number of nitrogens with zero attached hydrogens (tertiary/aromatic N) is 3. The number of carbonyl (C=O) groups is 1. The van der Waals surface area contributed by atoms with Gasteiger partial charge in [-0.05, 0) is 23.8 Å². The van der Waals surface area contributed by atoms with E-state index in [4.69, 9.17) is 21.1 Å².